The number of imidazole rings is 1. The van der Waals surface area contributed by atoms with Crippen molar-refractivity contribution in [2.75, 3.05) is 19.6 Å². The lowest BCUT2D eigenvalue weighted by Gasteiger charge is -2.31. The molecule has 0 spiro atoms. The maximum Gasteiger partial charge on any atom is 0.257 e. The minimum Gasteiger partial charge on any atom is -0.332 e. The lowest BCUT2D eigenvalue weighted by molar-refractivity contribution is 0.185. The second-order valence-electron chi connectivity index (χ2n) is 6.84. The van der Waals surface area contributed by atoms with Crippen molar-refractivity contribution in [2.45, 2.75) is 62.9 Å². The van der Waals surface area contributed by atoms with E-state index in [1.165, 1.54) is 38.3 Å². The lowest BCUT2D eigenvalue weighted by atomic mass is 9.94. The molecule has 2 fully saturated rings. The molecule has 0 aromatic carbocycles. The summed E-state index contributed by atoms with van der Waals surface area (Å²) in [6, 6.07) is 0.727. The first-order chi connectivity index (χ1) is 11.1. The number of nitrogens with zero attached hydrogens (tertiary/aromatic N) is 2. The van der Waals surface area contributed by atoms with Crippen molar-refractivity contribution in [3.05, 3.63) is 12.0 Å². The van der Waals surface area contributed by atoms with E-state index >= 15 is 0 Å². The van der Waals surface area contributed by atoms with Crippen LogP contribution in [0, 0.1) is 5.92 Å². The lowest BCUT2D eigenvalue weighted by Crippen LogP contribution is -2.36. The van der Waals surface area contributed by atoms with Crippen molar-refractivity contribution in [3.8, 4) is 0 Å². The van der Waals surface area contributed by atoms with Gasteiger partial charge in [-0.15, -0.1) is 0 Å². The highest BCUT2D eigenvalue weighted by atomic mass is 32.2. The molecule has 1 aromatic rings. The summed E-state index contributed by atoms with van der Waals surface area (Å²) >= 11 is 0. The fourth-order valence-electron chi connectivity index (χ4n) is 3.77. The Hall–Kier alpha value is -0.920. The second kappa shape index (κ2) is 7.32. The van der Waals surface area contributed by atoms with Gasteiger partial charge in [-0.1, -0.05) is 26.2 Å². The van der Waals surface area contributed by atoms with Crippen LogP contribution in [0.5, 0.6) is 0 Å². The van der Waals surface area contributed by atoms with Gasteiger partial charge in [-0.05, 0) is 31.7 Å². The van der Waals surface area contributed by atoms with Gasteiger partial charge >= 0.3 is 0 Å². The van der Waals surface area contributed by atoms with Crippen LogP contribution in [0.15, 0.2) is 11.2 Å². The average Bonchev–Trinajstić information content (AvgIpc) is 3.23. The maximum atomic E-state index is 12.3. The summed E-state index contributed by atoms with van der Waals surface area (Å²) in [4.78, 5) is 9.51. The van der Waals surface area contributed by atoms with Crippen LogP contribution >= 0.6 is 0 Å². The van der Waals surface area contributed by atoms with Gasteiger partial charge in [-0.3, -0.25) is 0 Å². The molecule has 1 aliphatic heterocycles. The van der Waals surface area contributed by atoms with Gasteiger partial charge in [0.05, 0.1) is 6.20 Å². The molecule has 1 saturated carbocycles. The van der Waals surface area contributed by atoms with Crippen LogP contribution in [-0.2, 0) is 16.4 Å². The van der Waals surface area contributed by atoms with E-state index in [1.807, 2.05) is 6.92 Å². The Morgan fingerprint density at radius 2 is 2.09 bits per heavy atom. The quantitative estimate of drug-likeness (QED) is 0.829. The molecule has 0 amide bonds. The van der Waals surface area contributed by atoms with Gasteiger partial charge in [0.2, 0.25) is 0 Å². The van der Waals surface area contributed by atoms with E-state index in [4.69, 9.17) is 0 Å². The summed E-state index contributed by atoms with van der Waals surface area (Å²) in [5.74, 6) is 1.12. The van der Waals surface area contributed by atoms with E-state index in [1.54, 1.807) is 0 Å². The third kappa shape index (κ3) is 4.14. The SMILES string of the molecule is CCc1ncc(S(=O)(=O)NC[C@@H]2CCN(C3CCCCC3)C2)[nH]1. The van der Waals surface area contributed by atoms with Gasteiger partial charge in [-0.25, -0.2) is 18.1 Å². The number of rotatable bonds is 6. The molecule has 7 heteroatoms. The van der Waals surface area contributed by atoms with E-state index in [9.17, 15) is 8.42 Å². The zero-order chi connectivity index (χ0) is 16.3. The zero-order valence-electron chi connectivity index (χ0n) is 13.9. The van der Waals surface area contributed by atoms with Crippen LogP contribution in [0.25, 0.3) is 0 Å². The number of aryl methyl sites for hydroxylation is 1. The standard InChI is InChI=1S/C16H28N4O2S/c1-2-15-17-11-16(19-15)23(21,22)18-10-13-8-9-20(12-13)14-6-4-3-5-7-14/h11,13-14,18H,2-10,12H2,1H3,(H,17,19)/t13-/m0/s1. The Morgan fingerprint density at radius 3 is 2.78 bits per heavy atom. The summed E-state index contributed by atoms with van der Waals surface area (Å²) in [6.45, 7) is 4.60. The Bertz CT molecular complexity index is 607. The first-order valence-corrected chi connectivity index (χ1v) is 10.3. The van der Waals surface area contributed by atoms with Crippen molar-refractivity contribution < 1.29 is 8.42 Å². The highest BCUT2D eigenvalue weighted by Crippen LogP contribution is 2.27. The third-order valence-corrected chi connectivity index (χ3v) is 6.53. The number of hydrogen-bond donors (Lipinski definition) is 2. The van der Waals surface area contributed by atoms with Crippen molar-refractivity contribution in [2.24, 2.45) is 5.92 Å². The Morgan fingerprint density at radius 1 is 1.30 bits per heavy atom. The van der Waals surface area contributed by atoms with Crippen molar-refractivity contribution >= 4 is 10.0 Å². The normalized spacial score (nSPS) is 24.3. The van der Waals surface area contributed by atoms with Crippen LogP contribution < -0.4 is 4.72 Å². The van der Waals surface area contributed by atoms with E-state index in [-0.39, 0.29) is 5.03 Å². The van der Waals surface area contributed by atoms with Crippen LogP contribution in [0.2, 0.25) is 0 Å². The fourth-order valence-corrected chi connectivity index (χ4v) is 4.83. The van der Waals surface area contributed by atoms with Crippen LogP contribution in [0.3, 0.4) is 0 Å². The van der Waals surface area contributed by atoms with Crippen LogP contribution in [-0.4, -0.2) is 49.0 Å². The zero-order valence-corrected chi connectivity index (χ0v) is 14.7. The summed E-state index contributed by atoms with van der Waals surface area (Å²) in [5, 5.41) is 0.177. The van der Waals surface area contributed by atoms with Gasteiger partial charge in [0, 0.05) is 25.6 Å². The maximum absolute atomic E-state index is 12.3. The molecule has 0 bridgehead atoms. The minimum atomic E-state index is -3.47. The predicted molar refractivity (Wildman–Crippen MR) is 89.7 cm³/mol. The molecular weight excluding hydrogens is 312 g/mol. The Labute approximate surface area is 139 Å². The van der Waals surface area contributed by atoms with E-state index in [0.29, 0.717) is 24.7 Å². The first-order valence-electron chi connectivity index (χ1n) is 8.86. The minimum absolute atomic E-state index is 0.177. The molecule has 1 aromatic heterocycles. The number of sulfonamides is 1. The molecule has 130 valence electrons. The number of H-pyrrole nitrogens is 1. The van der Waals surface area contributed by atoms with Crippen molar-refractivity contribution in [1.82, 2.24) is 19.6 Å². The topological polar surface area (TPSA) is 78.1 Å². The number of aromatic amines is 1. The smallest absolute Gasteiger partial charge is 0.257 e. The highest BCUT2D eigenvalue weighted by Gasteiger charge is 2.30. The summed E-state index contributed by atoms with van der Waals surface area (Å²) < 4.78 is 27.4. The predicted octanol–water partition coefficient (Wildman–Crippen LogP) is 1.90. The molecule has 23 heavy (non-hydrogen) atoms. The van der Waals surface area contributed by atoms with Crippen molar-refractivity contribution in [3.63, 3.8) is 0 Å². The molecule has 1 saturated heterocycles. The molecule has 2 aliphatic rings. The average molecular weight is 340 g/mol. The van der Waals surface area contributed by atoms with E-state index < -0.39 is 10.0 Å². The Kier molecular flexibility index (Phi) is 5.38. The second-order valence-corrected chi connectivity index (χ2v) is 8.58. The van der Waals surface area contributed by atoms with Gasteiger partial charge in [-0.2, -0.15) is 0 Å². The van der Waals surface area contributed by atoms with Crippen LogP contribution in [0.4, 0.5) is 0 Å². The number of aromatic nitrogens is 2. The third-order valence-electron chi connectivity index (χ3n) is 5.20. The number of nitrogens with one attached hydrogen (secondary N) is 2. The largest absolute Gasteiger partial charge is 0.332 e. The van der Waals surface area contributed by atoms with E-state index in [2.05, 4.69) is 19.6 Å². The molecule has 0 unspecified atom stereocenters. The number of hydrogen-bond acceptors (Lipinski definition) is 4. The Balaban J connectivity index is 1.50. The van der Waals surface area contributed by atoms with Gasteiger partial charge in [0.1, 0.15) is 5.82 Å². The summed E-state index contributed by atoms with van der Waals surface area (Å²) in [5.41, 5.74) is 0. The van der Waals surface area contributed by atoms with Crippen molar-refractivity contribution in [1.29, 1.82) is 0 Å². The van der Waals surface area contributed by atoms with Gasteiger partial charge in [0.25, 0.3) is 10.0 Å². The molecule has 0 radical (unpaired) electrons. The van der Waals surface area contributed by atoms with Crippen LogP contribution in [0.1, 0.15) is 51.3 Å². The molecule has 2 heterocycles. The fraction of sp³-hybridized carbons (Fsp3) is 0.812. The molecule has 1 atom stereocenters. The molecule has 3 rings (SSSR count). The van der Waals surface area contributed by atoms with Gasteiger partial charge in [0.15, 0.2) is 5.03 Å². The van der Waals surface area contributed by atoms with Gasteiger partial charge < -0.3 is 9.88 Å². The first kappa shape index (κ1) is 16.9. The molecule has 1 aliphatic carbocycles. The van der Waals surface area contributed by atoms with E-state index in [0.717, 1.165) is 25.6 Å². The highest BCUT2D eigenvalue weighted by molar-refractivity contribution is 7.89. The molecule has 2 N–H and O–H groups in total. The summed E-state index contributed by atoms with van der Waals surface area (Å²) in [7, 11) is -3.47. The monoisotopic (exact) mass is 340 g/mol. The molecule has 6 nitrogen and oxygen atoms in total. The molecular formula is C16H28N4O2S. The number of likely N-dealkylation sites (tertiary alicyclic amines) is 1. The summed E-state index contributed by atoms with van der Waals surface area (Å²) in [6.07, 6.45) is 9.88.